The molecule has 0 heterocycles. The fraction of sp³-hybridized carbons (Fsp3) is 0.263. The Kier molecular flexibility index (Phi) is 8.51. The van der Waals surface area contributed by atoms with Crippen molar-refractivity contribution in [2.24, 2.45) is 5.14 Å². The van der Waals surface area contributed by atoms with Gasteiger partial charge in [-0.3, -0.25) is 9.59 Å². The molecule has 0 bridgehead atoms. The van der Waals surface area contributed by atoms with Crippen LogP contribution in [0, 0.1) is 0 Å². The summed E-state index contributed by atoms with van der Waals surface area (Å²) in [6, 6.07) is 12.2. The summed E-state index contributed by atoms with van der Waals surface area (Å²) in [4.78, 5) is 24.0. The number of nitrogens with one attached hydrogen (secondary N) is 1. The number of ether oxygens (including phenoxy) is 1. The molecule has 2 aromatic rings. The van der Waals surface area contributed by atoms with Crippen molar-refractivity contribution in [3.63, 3.8) is 0 Å². The molecule has 0 aliphatic heterocycles. The monoisotopic (exact) mass is 456 g/mol. The molecule has 156 valence electrons. The molecule has 0 unspecified atom stereocenters. The number of esters is 1. The van der Waals surface area contributed by atoms with E-state index in [1.807, 2.05) is 30.3 Å². The average Bonchev–Trinajstić information content (AvgIpc) is 2.69. The van der Waals surface area contributed by atoms with Crippen LogP contribution in [0.1, 0.15) is 28.8 Å². The maximum absolute atomic E-state index is 12.7. The SMILES string of the molecule is COC(=O)CCCNC(=O)c1cc(S(N)(=O)=O)c(Cl)cc1SCc1ccccc1. The third kappa shape index (κ3) is 7.04. The van der Waals surface area contributed by atoms with Gasteiger partial charge in [0, 0.05) is 23.6 Å². The van der Waals surface area contributed by atoms with Crippen LogP contribution in [-0.2, 0) is 25.3 Å². The predicted molar refractivity (Wildman–Crippen MR) is 112 cm³/mol. The maximum Gasteiger partial charge on any atom is 0.305 e. The molecule has 2 rings (SSSR count). The summed E-state index contributed by atoms with van der Waals surface area (Å²) in [5, 5.41) is 7.84. The second kappa shape index (κ2) is 10.6. The van der Waals surface area contributed by atoms with E-state index in [1.165, 1.54) is 31.0 Å². The molecule has 0 radical (unpaired) electrons. The smallest absolute Gasteiger partial charge is 0.305 e. The van der Waals surface area contributed by atoms with Crippen molar-refractivity contribution in [2.75, 3.05) is 13.7 Å². The van der Waals surface area contributed by atoms with Gasteiger partial charge in [0.15, 0.2) is 0 Å². The molecule has 0 spiro atoms. The molecule has 0 atom stereocenters. The number of primary sulfonamides is 1. The van der Waals surface area contributed by atoms with Crippen molar-refractivity contribution < 1.29 is 22.7 Å². The van der Waals surface area contributed by atoms with E-state index in [0.717, 1.165) is 5.56 Å². The molecule has 0 aliphatic rings. The summed E-state index contributed by atoms with van der Waals surface area (Å²) in [5.41, 5.74) is 1.19. The van der Waals surface area contributed by atoms with Crippen LogP contribution >= 0.6 is 23.4 Å². The highest BCUT2D eigenvalue weighted by Gasteiger charge is 2.21. The van der Waals surface area contributed by atoms with Gasteiger partial charge in [-0.2, -0.15) is 0 Å². The Hall–Kier alpha value is -2.07. The van der Waals surface area contributed by atoms with E-state index in [1.54, 1.807) is 0 Å². The molecule has 0 fully saturated rings. The molecule has 1 amide bonds. The second-order valence-electron chi connectivity index (χ2n) is 6.03. The first-order valence-electron chi connectivity index (χ1n) is 8.60. The first-order valence-corrected chi connectivity index (χ1v) is 11.5. The summed E-state index contributed by atoms with van der Waals surface area (Å²) in [6.45, 7) is 0.226. The highest BCUT2D eigenvalue weighted by atomic mass is 35.5. The minimum atomic E-state index is -4.10. The Morgan fingerprint density at radius 3 is 2.52 bits per heavy atom. The van der Waals surface area contributed by atoms with Crippen molar-refractivity contribution >= 4 is 45.3 Å². The molecule has 0 saturated carbocycles. The molecule has 29 heavy (non-hydrogen) atoms. The number of amides is 1. The van der Waals surface area contributed by atoms with Gasteiger partial charge in [0.1, 0.15) is 4.90 Å². The van der Waals surface area contributed by atoms with Gasteiger partial charge in [0.2, 0.25) is 10.0 Å². The molecule has 0 aromatic heterocycles. The molecular weight excluding hydrogens is 436 g/mol. The van der Waals surface area contributed by atoms with Gasteiger partial charge in [0.05, 0.1) is 17.7 Å². The van der Waals surface area contributed by atoms with Crippen LogP contribution in [0.4, 0.5) is 0 Å². The third-order valence-corrected chi connectivity index (χ3v) is 6.40. The Labute approximate surface area is 179 Å². The van der Waals surface area contributed by atoms with E-state index in [0.29, 0.717) is 17.1 Å². The standard InChI is InChI=1S/C19H21ClN2O5S2/c1-27-18(23)8-5-9-22-19(24)14-10-17(29(21,25)26)15(20)11-16(14)28-12-13-6-3-2-4-7-13/h2-4,6-7,10-11H,5,8-9,12H2,1H3,(H,22,24)(H2,21,25,26). The number of sulfonamides is 1. The molecule has 2 aromatic carbocycles. The number of halogens is 1. The number of benzene rings is 2. The summed E-state index contributed by atoms with van der Waals surface area (Å²) in [5.74, 6) is -0.289. The van der Waals surface area contributed by atoms with Crippen molar-refractivity contribution in [3.05, 3.63) is 58.6 Å². The van der Waals surface area contributed by atoms with E-state index < -0.39 is 15.9 Å². The average molecular weight is 457 g/mol. The van der Waals surface area contributed by atoms with E-state index in [4.69, 9.17) is 16.7 Å². The normalized spacial score (nSPS) is 11.1. The van der Waals surface area contributed by atoms with Crippen LogP contribution in [0.3, 0.4) is 0 Å². The first-order chi connectivity index (χ1) is 13.7. The number of hydrogen-bond acceptors (Lipinski definition) is 6. The Morgan fingerprint density at radius 2 is 1.90 bits per heavy atom. The molecule has 0 saturated heterocycles. The lowest BCUT2D eigenvalue weighted by molar-refractivity contribution is -0.140. The lowest BCUT2D eigenvalue weighted by Crippen LogP contribution is -2.26. The van der Waals surface area contributed by atoms with Gasteiger partial charge in [-0.25, -0.2) is 13.6 Å². The molecule has 10 heteroatoms. The largest absolute Gasteiger partial charge is 0.469 e. The van der Waals surface area contributed by atoms with Gasteiger partial charge in [-0.15, -0.1) is 11.8 Å². The summed E-state index contributed by atoms with van der Waals surface area (Å²) in [6.07, 6.45) is 0.552. The summed E-state index contributed by atoms with van der Waals surface area (Å²) < 4.78 is 28.1. The zero-order valence-electron chi connectivity index (χ0n) is 15.7. The van der Waals surface area contributed by atoms with Crippen molar-refractivity contribution in [1.29, 1.82) is 0 Å². The van der Waals surface area contributed by atoms with Gasteiger partial charge < -0.3 is 10.1 Å². The number of carbonyl (C=O) groups is 2. The molecule has 7 nitrogen and oxygen atoms in total. The zero-order valence-corrected chi connectivity index (χ0v) is 18.1. The molecule has 0 aliphatic carbocycles. The number of methoxy groups -OCH3 is 1. The van der Waals surface area contributed by atoms with Crippen molar-refractivity contribution in [1.82, 2.24) is 5.32 Å². The Bertz CT molecular complexity index is 982. The van der Waals surface area contributed by atoms with Gasteiger partial charge in [-0.1, -0.05) is 41.9 Å². The molecular formula is C19H21ClN2O5S2. The van der Waals surface area contributed by atoms with Crippen molar-refractivity contribution in [2.45, 2.75) is 28.4 Å². The topological polar surface area (TPSA) is 116 Å². The van der Waals surface area contributed by atoms with Crippen LogP contribution in [0.15, 0.2) is 52.3 Å². The third-order valence-electron chi connectivity index (χ3n) is 3.89. The molecule has 3 N–H and O–H groups in total. The minimum absolute atomic E-state index is 0.0506. The van der Waals surface area contributed by atoms with Gasteiger partial charge in [0.25, 0.3) is 5.91 Å². The number of hydrogen-bond donors (Lipinski definition) is 2. The highest BCUT2D eigenvalue weighted by Crippen LogP contribution is 2.33. The summed E-state index contributed by atoms with van der Waals surface area (Å²) >= 11 is 7.45. The Balaban J connectivity index is 2.23. The predicted octanol–water partition coefficient (Wildman–Crippen LogP) is 2.96. The Morgan fingerprint density at radius 1 is 1.21 bits per heavy atom. The van der Waals surface area contributed by atoms with Crippen molar-refractivity contribution in [3.8, 4) is 0 Å². The van der Waals surface area contributed by atoms with Crippen LogP contribution in [0.5, 0.6) is 0 Å². The van der Waals surface area contributed by atoms with Crippen LogP contribution in [0.2, 0.25) is 5.02 Å². The minimum Gasteiger partial charge on any atom is -0.469 e. The van der Waals surface area contributed by atoms with E-state index in [9.17, 15) is 18.0 Å². The summed E-state index contributed by atoms with van der Waals surface area (Å²) in [7, 11) is -2.80. The highest BCUT2D eigenvalue weighted by molar-refractivity contribution is 7.98. The maximum atomic E-state index is 12.7. The van der Waals surface area contributed by atoms with E-state index in [2.05, 4.69) is 10.1 Å². The number of nitrogens with two attached hydrogens (primary N) is 1. The first kappa shape index (κ1) is 23.2. The van der Waals surface area contributed by atoms with Gasteiger partial charge >= 0.3 is 5.97 Å². The van der Waals surface area contributed by atoms with E-state index in [-0.39, 0.29) is 34.4 Å². The van der Waals surface area contributed by atoms with Crippen LogP contribution in [0.25, 0.3) is 0 Å². The number of rotatable bonds is 9. The number of carbonyl (C=O) groups excluding carboxylic acids is 2. The lowest BCUT2D eigenvalue weighted by atomic mass is 10.2. The zero-order chi connectivity index (χ0) is 21.4. The fourth-order valence-electron chi connectivity index (χ4n) is 2.42. The lowest BCUT2D eigenvalue weighted by Gasteiger charge is -2.13. The van der Waals surface area contributed by atoms with E-state index >= 15 is 0 Å². The number of thioether (sulfide) groups is 1. The second-order valence-corrected chi connectivity index (χ2v) is 8.99. The van der Waals surface area contributed by atoms with Crippen LogP contribution < -0.4 is 10.5 Å². The van der Waals surface area contributed by atoms with Gasteiger partial charge in [-0.05, 0) is 24.1 Å². The quantitative estimate of drug-likeness (QED) is 0.340. The van der Waals surface area contributed by atoms with Crippen LogP contribution in [-0.4, -0.2) is 33.9 Å². The fourth-order valence-corrected chi connectivity index (χ4v) is 4.60.